The van der Waals surface area contributed by atoms with Gasteiger partial charge in [-0.15, -0.1) is 0 Å². The fraction of sp³-hybridized carbons (Fsp3) is 0.812. The monoisotopic (exact) mass is 323 g/mol. The minimum Gasteiger partial charge on any atom is -0.363 e. The van der Waals surface area contributed by atoms with Gasteiger partial charge in [0, 0.05) is 19.6 Å². The van der Waals surface area contributed by atoms with Crippen LogP contribution in [0.2, 0.25) is 0 Å². The summed E-state index contributed by atoms with van der Waals surface area (Å²) in [5.74, 6) is 1.18. The lowest BCUT2D eigenvalue weighted by molar-refractivity contribution is -0.384. The van der Waals surface area contributed by atoms with Crippen molar-refractivity contribution in [3.63, 3.8) is 0 Å². The van der Waals surface area contributed by atoms with E-state index in [9.17, 15) is 10.1 Å². The van der Waals surface area contributed by atoms with E-state index in [0.717, 1.165) is 0 Å². The number of nitro groups is 1. The number of nitrogens with zero attached hydrogens (tertiary/aromatic N) is 4. The Hall–Kier alpha value is -1.63. The van der Waals surface area contributed by atoms with Crippen LogP contribution in [0.5, 0.6) is 0 Å². The molecular formula is C16H29N5O2. The molecule has 1 aromatic rings. The number of hydrogen-bond donors (Lipinski definition) is 1. The molecule has 0 amide bonds. The van der Waals surface area contributed by atoms with E-state index in [1.165, 1.54) is 32.1 Å². The van der Waals surface area contributed by atoms with Crippen LogP contribution in [-0.2, 0) is 13.5 Å². The molecule has 0 spiro atoms. The molecule has 1 N–H and O–H groups in total. The topological polar surface area (TPSA) is 76.2 Å². The molecule has 0 aromatic carbocycles. The Bertz CT molecular complexity index is 535. The fourth-order valence-electron chi connectivity index (χ4n) is 3.69. The van der Waals surface area contributed by atoms with Crippen LogP contribution in [0.3, 0.4) is 0 Å². The molecule has 1 heterocycles. The maximum atomic E-state index is 11.4. The van der Waals surface area contributed by atoms with Gasteiger partial charge in [-0.25, -0.2) is 4.68 Å². The van der Waals surface area contributed by atoms with Crippen molar-refractivity contribution >= 4 is 11.5 Å². The lowest BCUT2D eigenvalue weighted by atomic mass is 9.83. The van der Waals surface area contributed by atoms with Crippen molar-refractivity contribution < 1.29 is 4.92 Å². The first-order valence-electron chi connectivity index (χ1n) is 8.56. The molecule has 7 nitrogen and oxygen atoms in total. The van der Waals surface area contributed by atoms with Crippen LogP contribution in [0.4, 0.5) is 11.5 Å². The van der Waals surface area contributed by atoms with Gasteiger partial charge in [0.15, 0.2) is 0 Å². The third-order valence-electron chi connectivity index (χ3n) is 4.95. The van der Waals surface area contributed by atoms with Gasteiger partial charge in [-0.2, -0.15) is 5.10 Å². The minimum atomic E-state index is -0.320. The molecule has 1 aromatic heterocycles. The molecule has 0 aliphatic heterocycles. The molecule has 130 valence electrons. The maximum absolute atomic E-state index is 11.4. The Morgan fingerprint density at radius 1 is 1.39 bits per heavy atom. The summed E-state index contributed by atoms with van der Waals surface area (Å²) in [6, 6.07) is 0.384. The highest BCUT2D eigenvalue weighted by molar-refractivity contribution is 5.59. The summed E-state index contributed by atoms with van der Waals surface area (Å²) >= 11 is 0. The lowest BCUT2D eigenvalue weighted by Gasteiger charge is -2.35. The summed E-state index contributed by atoms with van der Waals surface area (Å²) in [4.78, 5) is 13.3. The van der Waals surface area contributed by atoms with Crippen LogP contribution in [0, 0.1) is 16.0 Å². The van der Waals surface area contributed by atoms with Crippen molar-refractivity contribution in [2.24, 2.45) is 13.0 Å². The van der Waals surface area contributed by atoms with Gasteiger partial charge in [0.1, 0.15) is 5.69 Å². The quantitative estimate of drug-likeness (QED) is 0.617. The summed E-state index contributed by atoms with van der Waals surface area (Å²) in [5.41, 5.74) is 0.662. The third kappa shape index (κ3) is 4.02. The Kier molecular flexibility index (Phi) is 5.98. The van der Waals surface area contributed by atoms with E-state index in [1.54, 1.807) is 11.7 Å². The summed E-state index contributed by atoms with van der Waals surface area (Å²) in [5, 5.41) is 19.0. The van der Waals surface area contributed by atoms with Gasteiger partial charge < -0.3 is 10.2 Å². The zero-order valence-corrected chi connectivity index (χ0v) is 14.7. The highest BCUT2D eigenvalue weighted by Gasteiger charge is 2.29. The Morgan fingerprint density at radius 3 is 2.57 bits per heavy atom. The summed E-state index contributed by atoms with van der Waals surface area (Å²) in [6.07, 6.45) is 6.97. The summed E-state index contributed by atoms with van der Waals surface area (Å²) in [7, 11) is 5.95. The molecule has 2 rings (SSSR count). The van der Waals surface area contributed by atoms with Crippen molar-refractivity contribution in [2.75, 3.05) is 26.0 Å². The van der Waals surface area contributed by atoms with Crippen molar-refractivity contribution in [1.29, 1.82) is 0 Å². The number of likely N-dealkylation sites (N-methyl/N-ethyl adjacent to an activating group) is 1. The molecule has 0 radical (unpaired) electrons. The van der Waals surface area contributed by atoms with Gasteiger partial charge >= 0.3 is 5.69 Å². The maximum Gasteiger partial charge on any atom is 0.333 e. The van der Waals surface area contributed by atoms with E-state index < -0.39 is 0 Å². The van der Waals surface area contributed by atoms with Crippen LogP contribution < -0.4 is 5.32 Å². The van der Waals surface area contributed by atoms with Crippen LogP contribution in [0.1, 0.15) is 44.7 Å². The smallest absolute Gasteiger partial charge is 0.333 e. The molecule has 0 saturated heterocycles. The average molecular weight is 323 g/mol. The second kappa shape index (κ2) is 7.77. The number of aromatic nitrogens is 2. The second-order valence-electron chi connectivity index (χ2n) is 6.69. The average Bonchev–Trinajstić information content (AvgIpc) is 2.84. The molecule has 0 bridgehead atoms. The van der Waals surface area contributed by atoms with E-state index in [2.05, 4.69) is 29.4 Å². The standard InChI is InChI=1S/C16H29N5O2/c1-5-13-15(21(22)23)16(20(4)18-13)17-11-14(19(2)3)12-9-7-6-8-10-12/h12,14,17H,5-11H2,1-4H3. The Balaban J connectivity index is 2.14. The van der Waals surface area contributed by atoms with Crippen LogP contribution in [0.15, 0.2) is 0 Å². The fourth-order valence-corrected chi connectivity index (χ4v) is 3.69. The molecule has 1 unspecified atom stereocenters. The second-order valence-corrected chi connectivity index (χ2v) is 6.69. The van der Waals surface area contributed by atoms with Gasteiger partial charge in [0.2, 0.25) is 5.82 Å². The van der Waals surface area contributed by atoms with E-state index in [-0.39, 0.29) is 10.6 Å². The molecule has 1 aliphatic carbocycles. The third-order valence-corrected chi connectivity index (χ3v) is 4.95. The highest BCUT2D eigenvalue weighted by atomic mass is 16.6. The zero-order chi connectivity index (χ0) is 17.0. The molecule has 1 atom stereocenters. The van der Waals surface area contributed by atoms with Gasteiger partial charge in [0.25, 0.3) is 0 Å². The predicted molar refractivity (Wildman–Crippen MR) is 91.8 cm³/mol. The first kappa shape index (κ1) is 17.7. The van der Waals surface area contributed by atoms with E-state index in [0.29, 0.717) is 36.4 Å². The highest BCUT2D eigenvalue weighted by Crippen LogP contribution is 2.31. The van der Waals surface area contributed by atoms with E-state index >= 15 is 0 Å². The van der Waals surface area contributed by atoms with Gasteiger partial charge in [-0.1, -0.05) is 26.2 Å². The molecular weight excluding hydrogens is 294 g/mol. The Morgan fingerprint density at radius 2 is 2.04 bits per heavy atom. The number of aryl methyl sites for hydroxylation is 2. The minimum absolute atomic E-state index is 0.121. The van der Waals surface area contributed by atoms with Crippen LogP contribution in [0.25, 0.3) is 0 Å². The van der Waals surface area contributed by atoms with Crippen molar-refractivity contribution in [2.45, 2.75) is 51.5 Å². The van der Waals surface area contributed by atoms with Crippen molar-refractivity contribution in [3.8, 4) is 0 Å². The van der Waals surface area contributed by atoms with Gasteiger partial charge in [-0.3, -0.25) is 10.1 Å². The molecule has 7 heteroatoms. The normalized spacial score (nSPS) is 17.4. The van der Waals surface area contributed by atoms with Crippen LogP contribution >= 0.6 is 0 Å². The molecule has 1 aliphatic rings. The van der Waals surface area contributed by atoms with Gasteiger partial charge in [0.05, 0.1) is 4.92 Å². The first-order chi connectivity index (χ1) is 11.0. The lowest BCUT2D eigenvalue weighted by Crippen LogP contribution is -2.41. The van der Waals surface area contributed by atoms with Crippen molar-refractivity contribution in [1.82, 2.24) is 14.7 Å². The SMILES string of the molecule is CCc1nn(C)c(NCC(C2CCCCC2)N(C)C)c1[N+](=O)[O-]. The van der Waals surface area contributed by atoms with E-state index in [4.69, 9.17) is 0 Å². The van der Waals surface area contributed by atoms with Crippen molar-refractivity contribution in [3.05, 3.63) is 15.8 Å². The summed E-state index contributed by atoms with van der Waals surface area (Å²) < 4.78 is 1.60. The Labute approximate surface area is 138 Å². The predicted octanol–water partition coefficient (Wildman–Crippen LogP) is 2.81. The van der Waals surface area contributed by atoms with Gasteiger partial charge in [-0.05, 0) is 39.3 Å². The number of rotatable bonds is 7. The number of hydrogen-bond acceptors (Lipinski definition) is 5. The van der Waals surface area contributed by atoms with E-state index in [1.807, 2.05) is 6.92 Å². The molecule has 23 heavy (non-hydrogen) atoms. The summed E-state index contributed by atoms with van der Waals surface area (Å²) in [6.45, 7) is 2.60. The molecule has 1 fully saturated rings. The zero-order valence-electron chi connectivity index (χ0n) is 14.7. The number of nitrogens with one attached hydrogen (secondary N) is 1. The number of anilines is 1. The largest absolute Gasteiger partial charge is 0.363 e. The van der Waals surface area contributed by atoms with Crippen LogP contribution in [-0.4, -0.2) is 46.3 Å². The first-order valence-corrected chi connectivity index (χ1v) is 8.56. The molecule has 1 saturated carbocycles.